The first kappa shape index (κ1) is 9.83. The van der Waals surface area contributed by atoms with E-state index in [4.69, 9.17) is 14.2 Å². The Bertz CT molecular complexity index is 398. The third kappa shape index (κ3) is 1.42. The Balaban J connectivity index is 2.66. The van der Waals surface area contributed by atoms with E-state index < -0.39 is 0 Å². The fraction of sp³-hybridized carbons (Fsp3) is 0.364. The van der Waals surface area contributed by atoms with Gasteiger partial charge in [0.15, 0.2) is 17.8 Å². The molecule has 0 aliphatic carbocycles. The number of hydrogen-bond donors (Lipinski definition) is 0. The van der Waals surface area contributed by atoms with E-state index in [9.17, 15) is 4.79 Å². The third-order valence-corrected chi connectivity index (χ3v) is 2.45. The van der Waals surface area contributed by atoms with Gasteiger partial charge in [0.25, 0.3) is 0 Å². The Morgan fingerprint density at radius 2 is 2.33 bits per heavy atom. The lowest BCUT2D eigenvalue weighted by Gasteiger charge is -2.10. The van der Waals surface area contributed by atoms with Crippen molar-refractivity contribution < 1.29 is 19.0 Å². The summed E-state index contributed by atoms with van der Waals surface area (Å²) in [5.74, 6) is 1.64. The molecule has 0 amide bonds. The Kier molecular flexibility index (Phi) is 2.49. The lowest BCUT2D eigenvalue weighted by Crippen LogP contribution is -1.98. The Labute approximate surface area is 87.8 Å². The van der Waals surface area contributed by atoms with Crippen LogP contribution in [0.1, 0.15) is 22.8 Å². The fourth-order valence-electron chi connectivity index (χ4n) is 1.70. The summed E-state index contributed by atoms with van der Waals surface area (Å²) in [6.07, 6.45) is 1.54. The van der Waals surface area contributed by atoms with Crippen LogP contribution in [-0.4, -0.2) is 20.2 Å². The van der Waals surface area contributed by atoms with Gasteiger partial charge in [-0.1, -0.05) is 6.92 Å². The van der Waals surface area contributed by atoms with Crippen molar-refractivity contribution in [1.29, 1.82) is 0 Å². The van der Waals surface area contributed by atoms with Crippen LogP contribution in [0.3, 0.4) is 0 Å². The van der Waals surface area contributed by atoms with Crippen molar-refractivity contribution in [2.24, 2.45) is 0 Å². The van der Waals surface area contributed by atoms with Gasteiger partial charge in [-0.15, -0.1) is 0 Å². The number of rotatable bonds is 3. The molecule has 15 heavy (non-hydrogen) atoms. The van der Waals surface area contributed by atoms with E-state index in [1.807, 2.05) is 13.0 Å². The predicted octanol–water partition coefficient (Wildman–Crippen LogP) is 1.80. The molecule has 2 rings (SSSR count). The van der Waals surface area contributed by atoms with Crippen LogP contribution in [0.15, 0.2) is 6.07 Å². The van der Waals surface area contributed by atoms with Gasteiger partial charge in [-0.3, -0.25) is 4.79 Å². The summed E-state index contributed by atoms with van der Waals surface area (Å²) >= 11 is 0. The summed E-state index contributed by atoms with van der Waals surface area (Å²) in [7, 11) is 1.52. The van der Waals surface area contributed by atoms with E-state index in [0.29, 0.717) is 22.8 Å². The molecule has 0 aromatic heterocycles. The first-order valence-corrected chi connectivity index (χ1v) is 4.76. The van der Waals surface area contributed by atoms with Gasteiger partial charge in [0.1, 0.15) is 0 Å². The Morgan fingerprint density at radius 3 is 2.93 bits per heavy atom. The van der Waals surface area contributed by atoms with Gasteiger partial charge < -0.3 is 14.2 Å². The molecule has 1 aliphatic heterocycles. The second-order valence-corrected chi connectivity index (χ2v) is 3.19. The molecule has 0 spiro atoms. The van der Waals surface area contributed by atoms with Crippen LogP contribution in [0.25, 0.3) is 0 Å². The molecule has 4 nitrogen and oxygen atoms in total. The topological polar surface area (TPSA) is 44.8 Å². The minimum absolute atomic E-state index is 0.178. The molecule has 1 heterocycles. The molecule has 0 bridgehead atoms. The van der Waals surface area contributed by atoms with Crippen LogP contribution in [0.4, 0.5) is 0 Å². The molecular weight excluding hydrogens is 196 g/mol. The Hall–Kier alpha value is -1.71. The summed E-state index contributed by atoms with van der Waals surface area (Å²) in [4.78, 5) is 11.0. The van der Waals surface area contributed by atoms with Crippen molar-refractivity contribution in [3.8, 4) is 17.2 Å². The van der Waals surface area contributed by atoms with Crippen molar-refractivity contribution in [3.63, 3.8) is 0 Å². The number of methoxy groups -OCH3 is 1. The van der Waals surface area contributed by atoms with Crippen LogP contribution in [0.5, 0.6) is 17.2 Å². The molecule has 0 N–H and O–H groups in total. The van der Waals surface area contributed by atoms with E-state index in [2.05, 4.69) is 0 Å². The number of ether oxygens (including phenoxy) is 3. The average molecular weight is 208 g/mol. The number of hydrogen-bond acceptors (Lipinski definition) is 4. The minimum atomic E-state index is 0.178. The van der Waals surface area contributed by atoms with Gasteiger partial charge in [-0.05, 0) is 18.1 Å². The lowest BCUT2D eigenvalue weighted by atomic mass is 10.0. The van der Waals surface area contributed by atoms with E-state index >= 15 is 0 Å². The molecule has 0 saturated heterocycles. The average Bonchev–Trinajstić information content (AvgIpc) is 2.73. The van der Waals surface area contributed by atoms with Crippen LogP contribution >= 0.6 is 0 Å². The van der Waals surface area contributed by atoms with Gasteiger partial charge in [0.05, 0.1) is 12.7 Å². The van der Waals surface area contributed by atoms with E-state index in [0.717, 1.165) is 18.3 Å². The predicted molar refractivity (Wildman–Crippen MR) is 53.9 cm³/mol. The van der Waals surface area contributed by atoms with Crippen molar-refractivity contribution in [3.05, 3.63) is 17.2 Å². The maximum Gasteiger partial charge on any atom is 0.231 e. The highest BCUT2D eigenvalue weighted by atomic mass is 16.7. The zero-order valence-electron chi connectivity index (χ0n) is 8.70. The SMILES string of the molecule is CCc1cc2c(c(OC)c1C=O)OCO2. The number of aldehydes is 1. The summed E-state index contributed by atoms with van der Waals surface area (Å²) < 4.78 is 15.7. The zero-order valence-corrected chi connectivity index (χ0v) is 8.70. The van der Waals surface area contributed by atoms with Gasteiger partial charge >= 0.3 is 0 Å². The maximum absolute atomic E-state index is 11.0. The largest absolute Gasteiger partial charge is 0.492 e. The van der Waals surface area contributed by atoms with Crippen molar-refractivity contribution >= 4 is 6.29 Å². The van der Waals surface area contributed by atoms with Crippen molar-refractivity contribution in [2.75, 3.05) is 13.9 Å². The minimum Gasteiger partial charge on any atom is -0.492 e. The highest BCUT2D eigenvalue weighted by molar-refractivity contribution is 5.85. The molecule has 1 aromatic carbocycles. The molecule has 0 unspecified atom stereocenters. The smallest absolute Gasteiger partial charge is 0.231 e. The van der Waals surface area contributed by atoms with Gasteiger partial charge in [-0.25, -0.2) is 0 Å². The van der Waals surface area contributed by atoms with Crippen LogP contribution < -0.4 is 14.2 Å². The molecule has 0 radical (unpaired) electrons. The van der Waals surface area contributed by atoms with Gasteiger partial charge in [0, 0.05) is 0 Å². The number of carbonyl (C=O) groups excluding carboxylic acids is 1. The maximum atomic E-state index is 11.0. The van der Waals surface area contributed by atoms with E-state index in [1.165, 1.54) is 7.11 Å². The number of fused-ring (bicyclic) bond motifs is 1. The van der Waals surface area contributed by atoms with Crippen molar-refractivity contribution in [1.82, 2.24) is 0 Å². The van der Waals surface area contributed by atoms with Crippen LogP contribution in [0, 0.1) is 0 Å². The monoisotopic (exact) mass is 208 g/mol. The normalized spacial score (nSPS) is 12.7. The van der Waals surface area contributed by atoms with Gasteiger partial charge in [-0.2, -0.15) is 0 Å². The summed E-state index contributed by atoms with van der Waals surface area (Å²) in [5, 5.41) is 0. The molecule has 80 valence electrons. The van der Waals surface area contributed by atoms with Crippen molar-refractivity contribution in [2.45, 2.75) is 13.3 Å². The molecular formula is C11H12O4. The lowest BCUT2D eigenvalue weighted by molar-refractivity contribution is 0.111. The highest BCUT2D eigenvalue weighted by Gasteiger charge is 2.24. The van der Waals surface area contributed by atoms with Crippen LogP contribution in [-0.2, 0) is 6.42 Å². The number of aryl methyl sites for hydroxylation is 1. The third-order valence-electron chi connectivity index (χ3n) is 2.45. The molecule has 1 aromatic rings. The summed E-state index contributed by atoms with van der Waals surface area (Å²) in [6.45, 7) is 2.15. The van der Waals surface area contributed by atoms with Gasteiger partial charge in [0.2, 0.25) is 12.5 Å². The first-order valence-electron chi connectivity index (χ1n) is 4.76. The summed E-state index contributed by atoms with van der Waals surface area (Å²) in [5.41, 5.74) is 1.45. The molecule has 0 atom stereocenters. The number of carbonyl (C=O) groups is 1. The number of benzene rings is 1. The highest BCUT2D eigenvalue weighted by Crippen LogP contribution is 2.44. The second kappa shape index (κ2) is 3.81. The first-order chi connectivity index (χ1) is 7.31. The fourth-order valence-corrected chi connectivity index (χ4v) is 1.70. The quantitative estimate of drug-likeness (QED) is 0.710. The molecule has 4 heteroatoms. The molecule has 0 saturated carbocycles. The van der Waals surface area contributed by atoms with Crippen LogP contribution in [0.2, 0.25) is 0 Å². The standard InChI is InChI=1S/C11H12O4/c1-3-7-4-9-11(15-6-14-9)10(13-2)8(7)5-12/h4-5H,3,6H2,1-2H3. The second-order valence-electron chi connectivity index (χ2n) is 3.19. The molecule has 0 fully saturated rings. The van der Waals surface area contributed by atoms with E-state index in [1.54, 1.807) is 0 Å². The zero-order chi connectivity index (χ0) is 10.8. The Morgan fingerprint density at radius 1 is 1.53 bits per heavy atom. The molecule has 1 aliphatic rings. The summed E-state index contributed by atoms with van der Waals surface area (Å²) in [6, 6.07) is 1.83. The van der Waals surface area contributed by atoms with E-state index in [-0.39, 0.29) is 6.79 Å².